The van der Waals surface area contributed by atoms with Gasteiger partial charge in [0.2, 0.25) is 0 Å². The third kappa shape index (κ3) is 2.94. The molecule has 0 saturated carbocycles. The SMILES string of the molecule is Cc1ccsc1C(CN)N1CCCC1CN(C)C. The molecule has 1 aliphatic heterocycles. The van der Waals surface area contributed by atoms with Crippen LogP contribution in [0.15, 0.2) is 11.4 Å². The van der Waals surface area contributed by atoms with Crippen LogP contribution < -0.4 is 5.73 Å². The molecule has 2 rings (SSSR count). The molecule has 1 aromatic heterocycles. The van der Waals surface area contributed by atoms with Crippen LogP contribution in [-0.2, 0) is 0 Å². The Balaban J connectivity index is 2.14. The van der Waals surface area contributed by atoms with Crippen LogP contribution in [0.25, 0.3) is 0 Å². The smallest absolute Gasteiger partial charge is 0.0569 e. The maximum Gasteiger partial charge on any atom is 0.0569 e. The maximum atomic E-state index is 6.06. The summed E-state index contributed by atoms with van der Waals surface area (Å²) in [5.74, 6) is 0. The maximum absolute atomic E-state index is 6.06. The van der Waals surface area contributed by atoms with Crippen molar-refractivity contribution in [2.75, 3.05) is 33.7 Å². The molecule has 0 radical (unpaired) electrons. The van der Waals surface area contributed by atoms with Crippen molar-refractivity contribution in [1.29, 1.82) is 0 Å². The fourth-order valence-corrected chi connectivity index (χ4v) is 4.07. The van der Waals surface area contributed by atoms with E-state index in [0.717, 1.165) is 13.1 Å². The van der Waals surface area contributed by atoms with E-state index in [-0.39, 0.29) is 0 Å². The standard InChI is InChI=1S/C14H25N3S/c1-11-6-8-18-14(11)13(9-15)17-7-4-5-12(17)10-16(2)3/h6,8,12-13H,4-5,7,9-10,15H2,1-3H3. The van der Waals surface area contributed by atoms with Crippen molar-refractivity contribution in [3.63, 3.8) is 0 Å². The molecule has 2 unspecified atom stereocenters. The molecule has 4 heteroatoms. The first-order valence-electron chi connectivity index (χ1n) is 6.78. The van der Waals surface area contributed by atoms with Gasteiger partial charge in [-0.3, -0.25) is 4.90 Å². The van der Waals surface area contributed by atoms with Crippen LogP contribution in [-0.4, -0.2) is 49.6 Å². The van der Waals surface area contributed by atoms with Crippen molar-refractivity contribution in [3.05, 3.63) is 21.9 Å². The van der Waals surface area contributed by atoms with Gasteiger partial charge < -0.3 is 10.6 Å². The molecule has 102 valence electrons. The van der Waals surface area contributed by atoms with Crippen molar-refractivity contribution >= 4 is 11.3 Å². The molecule has 0 aromatic carbocycles. The van der Waals surface area contributed by atoms with Gasteiger partial charge in [-0.2, -0.15) is 0 Å². The van der Waals surface area contributed by atoms with E-state index in [1.807, 2.05) is 11.3 Å². The minimum absolute atomic E-state index is 0.414. The van der Waals surface area contributed by atoms with Crippen molar-refractivity contribution in [2.45, 2.75) is 31.8 Å². The summed E-state index contributed by atoms with van der Waals surface area (Å²) in [6, 6.07) is 3.28. The summed E-state index contributed by atoms with van der Waals surface area (Å²) in [6.45, 7) is 5.26. The number of aryl methyl sites for hydroxylation is 1. The number of likely N-dealkylation sites (tertiary alicyclic amines) is 1. The molecule has 1 aromatic rings. The summed E-state index contributed by atoms with van der Waals surface area (Å²) in [7, 11) is 4.31. The molecule has 2 atom stereocenters. The highest BCUT2D eigenvalue weighted by atomic mass is 32.1. The molecular formula is C14H25N3S. The third-order valence-corrected chi connectivity index (χ3v) is 4.95. The normalized spacial score (nSPS) is 22.8. The van der Waals surface area contributed by atoms with E-state index >= 15 is 0 Å². The highest BCUT2D eigenvalue weighted by Crippen LogP contribution is 2.33. The lowest BCUT2D eigenvalue weighted by Gasteiger charge is -2.33. The zero-order valence-electron chi connectivity index (χ0n) is 11.7. The van der Waals surface area contributed by atoms with E-state index in [1.54, 1.807) is 0 Å². The molecule has 2 N–H and O–H groups in total. The number of hydrogen-bond acceptors (Lipinski definition) is 4. The number of nitrogens with zero attached hydrogens (tertiary/aromatic N) is 2. The topological polar surface area (TPSA) is 32.5 Å². The van der Waals surface area contributed by atoms with Gasteiger partial charge in [0.1, 0.15) is 0 Å². The Kier molecular flexibility index (Phi) is 4.78. The van der Waals surface area contributed by atoms with Crippen LogP contribution in [0.3, 0.4) is 0 Å². The predicted octanol–water partition coefficient (Wildman–Crippen LogP) is 2.08. The molecule has 0 amide bonds. The van der Waals surface area contributed by atoms with Crippen LogP contribution in [0.2, 0.25) is 0 Å². The van der Waals surface area contributed by atoms with E-state index in [1.165, 1.54) is 29.8 Å². The number of hydrogen-bond donors (Lipinski definition) is 1. The Morgan fingerprint density at radius 1 is 1.56 bits per heavy atom. The van der Waals surface area contributed by atoms with Crippen molar-refractivity contribution in [1.82, 2.24) is 9.80 Å². The van der Waals surface area contributed by atoms with Crippen LogP contribution >= 0.6 is 11.3 Å². The minimum Gasteiger partial charge on any atom is -0.329 e. The third-order valence-electron chi connectivity index (χ3n) is 3.83. The number of thiophene rings is 1. The fraction of sp³-hybridized carbons (Fsp3) is 0.714. The van der Waals surface area contributed by atoms with Gasteiger partial charge in [0, 0.05) is 24.0 Å². The summed E-state index contributed by atoms with van der Waals surface area (Å²) in [5.41, 5.74) is 7.45. The Labute approximate surface area is 115 Å². The lowest BCUT2D eigenvalue weighted by molar-refractivity contribution is 0.157. The molecule has 18 heavy (non-hydrogen) atoms. The first-order valence-corrected chi connectivity index (χ1v) is 7.66. The van der Waals surface area contributed by atoms with Gasteiger partial charge in [-0.15, -0.1) is 11.3 Å². The first kappa shape index (κ1) is 14.0. The summed E-state index contributed by atoms with van der Waals surface area (Å²) in [5, 5.41) is 2.18. The quantitative estimate of drug-likeness (QED) is 0.886. The average molecular weight is 267 g/mol. The van der Waals surface area contributed by atoms with Gasteiger partial charge >= 0.3 is 0 Å². The summed E-state index contributed by atoms with van der Waals surface area (Å²) in [6.07, 6.45) is 2.61. The highest BCUT2D eigenvalue weighted by molar-refractivity contribution is 7.10. The number of rotatable bonds is 5. The van der Waals surface area contributed by atoms with E-state index in [2.05, 4.69) is 42.3 Å². The second-order valence-corrected chi connectivity index (χ2v) is 6.46. The van der Waals surface area contributed by atoms with Gasteiger partial charge in [0.25, 0.3) is 0 Å². The van der Waals surface area contributed by atoms with Gasteiger partial charge in [-0.1, -0.05) is 0 Å². The highest BCUT2D eigenvalue weighted by Gasteiger charge is 2.32. The predicted molar refractivity (Wildman–Crippen MR) is 79.1 cm³/mol. The van der Waals surface area contributed by atoms with Gasteiger partial charge in [-0.25, -0.2) is 0 Å². The molecule has 1 fully saturated rings. The lowest BCUT2D eigenvalue weighted by Crippen LogP contribution is -2.42. The fourth-order valence-electron chi connectivity index (χ4n) is 3.00. The van der Waals surface area contributed by atoms with Crippen molar-refractivity contribution in [3.8, 4) is 0 Å². The van der Waals surface area contributed by atoms with E-state index in [9.17, 15) is 0 Å². The Bertz CT molecular complexity index is 375. The van der Waals surface area contributed by atoms with Gasteiger partial charge in [0.15, 0.2) is 0 Å². The monoisotopic (exact) mass is 267 g/mol. The van der Waals surface area contributed by atoms with Crippen LogP contribution in [0.5, 0.6) is 0 Å². The first-order chi connectivity index (χ1) is 8.63. The molecule has 0 bridgehead atoms. The Hall–Kier alpha value is -0.420. The molecular weight excluding hydrogens is 242 g/mol. The zero-order chi connectivity index (χ0) is 13.1. The molecule has 2 heterocycles. The van der Waals surface area contributed by atoms with Crippen molar-refractivity contribution in [2.24, 2.45) is 5.73 Å². The van der Waals surface area contributed by atoms with Crippen molar-refractivity contribution < 1.29 is 0 Å². The Morgan fingerprint density at radius 2 is 2.33 bits per heavy atom. The average Bonchev–Trinajstić information content (AvgIpc) is 2.91. The summed E-state index contributed by atoms with van der Waals surface area (Å²) in [4.78, 5) is 6.37. The van der Waals surface area contributed by atoms with E-state index in [4.69, 9.17) is 5.73 Å². The van der Waals surface area contributed by atoms with Crippen LogP contribution in [0.4, 0.5) is 0 Å². The zero-order valence-corrected chi connectivity index (χ0v) is 12.5. The molecule has 3 nitrogen and oxygen atoms in total. The second kappa shape index (κ2) is 6.15. The summed E-state index contributed by atoms with van der Waals surface area (Å²) < 4.78 is 0. The molecule has 1 aliphatic rings. The van der Waals surface area contributed by atoms with Gasteiger partial charge in [-0.05, 0) is 57.4 Å². The number of likely N-dealkylation sites (N-methyl/N-ethyl adjacent to an activating group) is 1. The largest absolute Gasteiger partial charge is 0.329 e. The number of nitrogens with two attached hydrogens (primary N) is 1. The van der Waals surface area contributed by atoms with E-state index < -0.39 is 0 Å². The minimum atomic E-state index is 0.414. The molecule has 0 spiro atoms. The van der Waals surface area contributed by atoms with Crippen LogP contribution in [0.1, 0.15) is 29.3 Å². The molecule has 1 saturated heterocycles. The van der Waals surface area contributed by atoms with Crippen LogP contribution in [0, 0.1) is 6.92 Å². The Morgan fingerprint density at radius 3 is 2.89 bits per heavy atom. The lowest BCUT2D eigenvalue weighted by atomic mass is 10.1. The second-order valence-electron chi connectivity index (χ2n) is 5.52. The van der Waals surface area contributed by atoms with E-state index in [0.29, 0.717) is 12.1 Å². The molecule has 0 aliphatic carbocycles. The van der Waals surface area contributed by atoms with Gasteiger partial charge in [0.05, 0.1) is 6.04 Å². The summed E-state index contributed by atoms with van der Waals surface area (Å²) >= 11 is 1.85.